The number of thioether (sulfide) groups is 1. The average molecular weight is 360 g/mol. The van der Waals surface area contributed by atoms with Crippen LogP contribution in [0.5, 0.6) is 0 Å². The Morgan fingerprint density at radius 2 is 2.12 bits per heavy atom. The lowest BCUT2D eigenvalue weighted by atomic mass is 10.2. The number of carbonyl (C=O) groups is 1. The molecule has 2 heterocycles. The Balaban J connectivity index is 1.51. The van der Waals surface area contributed by atoms with Crippen LogP contribution in [0.3, 0.4) is 0 Å². The number of benzene rings is 1. The summed E-state index contributed by atoms with van der Waals surface area (Å²) in [4.78, 5) is 16.4. The maximum Gasteiger partial charge on any atom is 0.277 e. The number of hydrogen-bond acceptors (Lipinski definition) is 7. The minimum absolute atomic E-state index is 0.107. The van der Waals surface area contributed by atoms with Crippen molar-refractivity contribution < 1.29 is 9.21 Å². The fraction of sp³-hybridized carbons (Fsp3) is 0.250. The van der Waals surface area contributed by atoms with E-state index in [9.17, 15) is 4.79 Å². The second kappa shape index (κ2) is 7.59. The highest BCUT2D eigenvalue weighted by atomic mass is 32.2. The Kier molecular flexibility index (Phi) is 5.27. The van der Waals surface area contributed by atoms with Gasteiger partial charge in [-0.15, -0.1) is 21.5 Å². The molecule has 24 heavy (non-hydrogen) atoms. The zero-order valence-electron chi connectivity index (χ0n) is 13.3. The number of thiazole rings is 1. The zero-order chi connectivity index (χ0) is 16.9. The smallest absolute Gasteiger partial charge is 0.277 e. The van der Waals surface area contributed by atoms with Crippen LogP contribution in [-0.4, -0.2) is 26.8 Å². The standard InChI is InChI=1S/C16H16N4O2S2/c1-10-5-3-4-6-13(10)18-14(21)9-24-16-20-19-15(22-16)7-12-8-23-11(2)17-12/h3-6,8H,7,9H2,1-2H3,(H,18,21). The van der Waals surface area contributed by atoms with Crippen molar-refractivity contribution in [3.63, 3.8) is 0 Å². The van der Waals surface area contributed by atoms with Gasteiger partial charge in [0, 0.05) is 11.1 Å². The molecule has 0 aliphatic heterocycles. The third-order valence-electron chi connectivity index (χ3n) is 3.19. The number of nitrogens with zero attached hydrogens (tertiary/aromatic N) is 3. The van der Waals surface area contributed by atoms with Crippen molar-refractivity contribution in [3.8, 4) is 0 Å². The number of anilines is 1. The van der Waals surface area contributed by atoms with Crippen LogP contribution < -0.4 is 5.32 Å². The van der Waals surface area contributed by atoms with Crippen molar-refractivity contribution in [1.29, 1.82) is 0 Å². The number of amides is 1. The van der Waals surface area contributed by atoms with Crippen LogP contribution in [0.4, 0.5) is 5.69 Å². The summed E-state index contributed by atoms with van der Waals surface area (Å²) in [5.41, 5.74) is 2.75. The highest BCUT2D eigenvalue weighted by Crippen LogP contribution is 2.19. The molecule has 1 amide bonds. The second-order valence-electron chi connectivity index (χ2n) is 5.15. The van der Waals surface area contributed by atoms with Gasteiger partial charge in [-0.25, -0.2) is 4.98 Å². The molecule has 6 nitrogen and oxygen atoms in total. The molecule has 3 aromatic rings. The van der Waals surface area contributed by atoms with Gasteiger partial charge in [0.2, 0.25) is 11.8 Å². The summed E-state index contributed by atoms with van der Waals surface area (Å²) >= 11 is 2.81. The van der Waals surface area contributed by atoms with Crippen molar-refractivity contribution in [1.82, 2.24) is 15.2 Å². The zero-order valence-corrected chi connectivity index (χ0v) is 14.9. The molecule has 0 aliphatic rings. The van der Waals surface area contributed by atoms with Crippen LogP contribution in [-0.2, 0) is 11.2 Å². The van der Waals surface area contributed by atoms with Crippen LogP contribution in [0.25, 0.3) is 0 Å². The maximum atomic E-state index is 12.0. The minimum atomic E-state index is -0.107. The molecule has 0 saturated carbocycles. The van der Waals surface area contributed by atoms with Gasteiger partial charge in [0.15, 0.2) is 0 Å². The molecule has 0 radical (unpaired) electrons. The van der Waals surface area contributed by atoms with Crippen molar-refractivity contribution >= 4 is 34.7 Å². The van der Waals surface area contributed by atoms with Crippen LogP contribution in [0.15, 0.2) is 39.3 Å². The number of carbonyl (C=O) groups excluding carboxylic acids is 1. The molecular formula is C16H16N4O2S2. The molecule has 0 aliphatic carbocycles. The molecule has 0 fully saturated rings. The summed E-state index contributed by atoms with van der Waals surface area (Å²) in [5, 5.41) is 14.2. The van der Waals surface area contributed by atoms with Gasteiger partial charge in [0.1, 0.15) is 0 Å². The minimum Gasteiger partial charge on any atom is -0.416 e. The van der Waals surface area contributed by atoms with Crippen molar-refractivity contribution in [2.45, 2.75) is 25.5 Å². The molecule has 0 atom stereocenters. The largest absolute Gasteiger partial charge is 0.416 e. The average Bonchev–Trinajstić information content (AvgIpc) is 3.17. The SMILES string of the molecule is Cc1nc(Cc2nnc(SCC(=O)Nc3ccccc3C)o2)cs1. The van der Waals surface area contributed by atoms with E-state index < -0.39 is 0 Å². The lowest BCUT2D eigenvalue weighted by Gasteiger charge is -2.06. The highest BCUT2D eigenvalue weighted by molar-refractivity contribution is 7.99. The molecule has 1 aromatic carbocycles. The molecule has 0 saturated heterocycles. The summed E-state index contributed by atoms with van der Waals surface area (Å²) in [6.45, 7) is 3.91. The number of nitrogens with one attached hydrogen (secondary N) is 1. The first-order valence-electron chi connectivity index (χ1n) is 7.32. The second-order valence-corrected chi connectivity index (χ2v) is 7.14. The van der Waals surface area contributed by atoms with Crippen molar-refractivity contribution in [3.05, 3.63) is 51.8 Å². The fourth-order valence-corrected chi connectivity index (χ4v) is 3.23. The first kappa shape index (κ1) is 16.7. The molecule has 0 unspecified atom stereocenters. The van der Waals surface area contributed by atoms with Crippen LogP contribution in [0, 0.1) is 13.8 Å². The third kappa shape index (κ3) is 4.42. The molecule has 1 N–H and O–H groups in total. The molecule has 8 heteroatoms. The Labute approximate surface area is 147 Å². The Morgan fingerprint density at radius 3 is 2.88 bits per heavy atom. The number of para-hydroxylation sites is 1. The lowest BCUT2D eigenvalue weighted by molar-refractivity contribution is -0.113. The van der Waals surface area contributed by atoms with Crippen molar-refractivity contribution in [2.75, 3.05) is 11.1 Å². The molecule has 2 aromatic heterocycles. The first-order valence-corrected chi connectivity index (χ1v) is 9.18. The van der Waals surface area contributed by atoms with Gasteiger partial charge in [0.05, 0.1) is 22.9 Å². The predicted octanol–water partition coefficient (Wildman–Crippen LogP) is 3.46. The summed E-state index contributed by atoms with van der Waals surface area (Å²) in [7, 11) is 0. The maximum absolute atomic E-state index is 12.0. The van der Waals surface area contributed by atoms with Crippen molar-refractivity contribution in [2.24, 2.45) is 0 Å². The van der Waals surface area contributed by atoms with Crippen LogP contribution in [0.1, 0.15) is 22.2 Å². The molecule has 0 bridgehead atoms. The molecule has 0 spiro atoms. The van der Waals surface area contributed by atoms with E-state index in [0.717, 1.165) is 22.0 Å². The van der Waals surface area contributed by atoms with Gasteiger partial charge in [0.25, 0.3) is 5.22 Å². The van der Waals surface area contributed by atoms with E-state index in [1.54, 1.807) is 11.3 Å². The van der Waals surface area contributed by atoms with E-state index in [2.05, 4.69) is 20.5 Å². The van der Waals surface area contributed by atoms with Gasteiger partial charge < -0.3 is 9.73 Å². The summed E-state index contributed by atoms with van der Waals surface area (Å²) in [6, 6.07) is 7.65. The number of rotatable bonds is 6. The summed E-state index contributed by atoms with van der Waals surface area (Å²) < 4.78 is 5.55. The van der Waals surface area contributed by atoms with E-state index in [1.807, 2.05) is 43.5 Å². The summed E-state index contributed by atoms with van der Waals surface area (Å²) in [6.07, 6.45) is 0.507. The first-order chi connectivity index (χ1) is 11.6. The quantitative estimate of drug-likeness (QED) is 0.678. The number of hydrogen-bond donors (Lipinski definition) is 1. The molecular weight excluding hydrogens is 344 g/mol. The van der Waals surface area contributed by atoms with Crippen LogP contribution >= 0.6 is 23.1 Å². The number of aromatic nitrogens is 3. The van der Waals surface area contributed by atoms with Gasteiger partial charge in [-0.1, -0.05) is 30.0 Å². The Bertz CT molecular complexity index is 844. The number of aryl methyl sites for hydroxylation is 2. The van der Waals surface area contributed by atoms with Gasteiger partial charge >= 0.3 is 0 Å². The van der Waals surface area contributed by atoms with E-state index in [1.165, 1.54) is 11.8 Å². The normalized spacial score (nSPS) is 10.8. The highest BCUT2D eigenvalue weighted by Gasteiger charge is 2.12. The van der Waals surface area contributed by atoms with E-state index >= 15 is 0 Å². The topological polar surface area (TPSA) is 80.9 Å². The van der Waals surface area contributed by atoms with E-state index in [4.69, 9.17) is 4.42 Å². The third-order valence-corrected chi connectivity index (χ3v) is 4.83. The Hall–Kier alpha value is -2.19. The van der Waals surface area contributed by atoms with Crippen LogP contribution in [0.2, 0.25) is 0 Å². The van der Waals surface area contributed by atoms with Gasteiger partial charge in [-0.3, -0.25) is 4.79 Å². The monoisotopic (exact) mass is 360 g/mol. The van der Waals surface area contributed by atoms with Gasteiger partial charge in [-0.2, -0.15) is 0 Å². The fourth-order valence-electron chi connectivity index (χ4n) is 2.04. The lowest BCUT2D eigenvalue weighted by Crippen LogP contribution is -2.14. The Morgan fingerprint density at radius 1 is 1.29 bits per heavy atom. The van der Waals surface area contributed by atoms with Gasteiger partial charge in [-0.05, 0) is 25.5 Å². The molecule has 124 valence electrons. The summed E-state index contributed by atoms with van der Waals surface area (Å²) in [5.74, 6) is 0.609. The van der Waals surface area contributed by atoms with E-state index in [0.29, 0.717) is 17.5 Å². The molecule has 3 rings (SSSR count). The van der Waals surface area contributed by atoms with E-state index in [-0.39, 0.29) is 11.7 Å². The predicted molar refractivity (Wildman–Crippen MR) is 94.5 cm³/mol.